The van der Waals surface area contributed by atoms with E-state index in [4.69, 9.17) is 4.74 Å². The van der Waals surface area contributed by atoms with Gasteiger partial charge in [-0.15, -0.1) is 0 Å². The van der Waals surface area contributed by atoms with Crippen LogP contribution in [0.2, 0.25) is 0 Å². The Bertz CT molecular complexity index is 476. The Labute approximate surface area is 132 Å². The molecule has 0 bridgehead atoms. The van der Waals surface area contributed by atoms with Gasteiger partial charge in [0.15, 0.2) is 0 Å². The summed E-state index contributed by atoms with van der Waals surface area (Å²) in [4.78, 5) is 0. The monoisotopic (exact) mass is 290 g/mol. The van der Waals surface area contributed by atoms with Crippen LogP contribution in [0.4, 0.5) is 0 Å². The van der Waals surface area contributed by atoms with E-state index in [1.54, 1.807) is 0 Å². The lowest BCUT2D eigenvalue weighted by molar-refractivity contribution is 0.236. The molecule has 0 radical (unpaired) electrons. The van der Waals surface area contributed by atoms with Crippen molar-refractivity contribution in [1.82, 2.24) is 0 Å². The quantitative estimate of drug-likeness (QED) is 0.644. The predicted molar refractivity (Wildman–Crippen MR) is 93.8 cm³/mol. The van der Waals surface area contributed by atoms with Crippen molar-refractivity contribution in [2.45, 2.75) is 92.6 Å². The molecule has 0 aliphatic carbocycles. The summed E-state index contributed by atoms with van der Waals surface area (Å²) in [5.74, 6) is 1.63. The highest BCUT2D eigenvalue weighted by atomic mass is 16.5. The van der Waals surface area contributed by atoms with Gasteiger partial charge in [-0.2, -0.15) is 0 Å². The van der Waals surface area contributed by atoms with Crippen molar-refractivity contribution >= 4 is 0 Å². The average molecular weight is 290 g/mol. The molecule has 0 fully saturated rings. The van der Waals surface area contributed by atoms with E-state index in [0.717, 1.165) is 18.6 Å². The summed E-state index contributed by atoms with van der Waals surface area (Å²) in [5.41, 5.74) is 5.94. The minimum atomic E-state index is 0.176. The third-order valence-electron chi connectivity index (χ3n) is 4.02. The van der Waals surface area contributed by atoms with E-state index in [0.29, 0.717) is 5.92 Å². The van der Waals surface area contributed by atoms with E-state index in [1.165, 1.54) is 22.3 Å². The van der Waals surface area contributed by atoms with E-state index >= 15 is 0 Å². The highest BCUT2D eigenvalue weighted by Gasteiger charge is 2.25. The minimum Gasteiger partial charge on any atom is -0.490 e. The van der Waals surface area contributed by atoms with Crippen LogP contribution in [0.3, 0.4) is 0 Å². The van der Waals surface area contributed by atoms with Crippen LogP contribution in [0.25, 0.3) is 0 Å². The fourth-order valence-corrected chi connectivity index (χ4v) is 3.03. The Hall–Kier alpha value is -0.980. The average Bonchev–Trinajstić information content (AvgIpc) is 2.35. The molecule has 1 aromatic rings. The topological polar surface area (TPSA) is 9.23 Å². The molecule has 0 aromatic heterocycles. The van der Waals surface area contributed by atoms with Crippen LogP contribution in [-0.2, 0) is 18.3 Å². The lowest BCUT2D eigenvalue weighted by Crippen LogP contribution is -2.19. The van der Waals surface area contributed by atoms with Crippen molar-refractivity contribution in [3.8, 4) is 5.75 Å². The highest BCUT2D eigenvalue weighted by molar-refractivity contribution is 5.54. The zero-order chi connectivity index (χ0) is 16.4. The summed E-state index contributed by atoms with van der Waals surface area (Å²) in [7, 11) is 0. The number of ether oxygens (including phenoxy) is 1. The SMILES string of the molecule is CCc1c(C(C)(C)C)cc(C(C)C)c(OC(C)C)c1CC. The Balaban J connectivity index is 3.71. The Kier molecular flexibility index (Phi) is 5.90. The molecule has 0 amide bonds. The summed E-state index contributed by atoms with van der Waals surface area (Å²) >= 11 is 0. The fourth-order valence-electron chi connectivity index (χ4n) is 3.03. The van der Waals surface area contributed by atoms with Crippen LogP contribution < -0.4 is 4.74 Å². The molecular formula is C20H34O. The maximum atomic E-state index is 6.24. The molecule has 21 heavy (non-hydrogen) atoms. The van der Waals surface area contributed by atoms with Gasteiger partial charge in [0.2, 0.25) is 0 Å². The molecule has 0 aliphatic rings. The second-order valence-electron chi connectivity index (χ2n) is 7.58. The van der Waals surface area contributed by atoms with Gasteiger partial charge in [0.1, 0.15) is 5.75 Å². The first-order valence-corrected chi connectivity index (χ1v) is 8.49. The van der Waals surface area contributed by atoms with E-state index in [-0.39, 0.29) is 11.5 Å². The van der Waals surface area contributed by atoms with Gasteiger partial charge in [-0.05, 0) is 60.3 Å². The van der Waals surface area contributed by atoms with Gasteiger partial charge in [0, 0.05) is 0 Å². The Morgan fingerprint density at radius 1 is 0.952 bits per heavy atom. The van der Waals surface area contributed by atoms with Crippen LogP contribution in [0.1, 0.15) is 90.5 Å². The van der Waals surface area contributed by atoms with Crippen molar-refractivity contribution in [3.63, 3.8) is 0 Å². The number of hydrogen-bond acceptors (Lipinski definition) is 1. The molecule has 0 unspecified atom stereocenters. The van der Waals surface area contributed by atoms with Crippen LogP contribution in [0.5, 0.6) is 5.75 Å². The van der Waals surface area contributed by atoms with Crippen molar-refractivity contribution < 1.29 is 4.74 Å². The standard InChI is InChI=1S/C20H34O/c1-10-15-16(11-2)19(21-14(5)6)17(13(3)4)12-18(15)20(7,8)9/h12-14H,10-11H2,1-9H3. The molecule has 0 N–H and O–H groups in total. The molecule has 1 aromatic carbocycles. The summed E-state index contributed by atoms with van der Waals surface area (Å²) in [6.07, 6.45) is 2.33. The zero-order valence-electron chi connectivity index (χ0n) is 15.6. The van der Waals surface area contributed by atoms with Crippen molar-refractivity contribution in [1.29, 1.82) is 0 Å². The van der Waals surface area contributed by atoms with Crippen LogP contribution >= 0.6 is 0 Å². The van der Waals surface area contributed by atoms with Crippen LogP contribution in [0, 0.1) is 0 Å². The lowest BCUT2D eigenvalue weighted by atomic mass is 9.78. The lowest BCUT2D eigenvalue weighted by Gasteiger charge is -2.30. The van der Waals surface area contributed by atoms with Crippen LogP contribution in [-0.4, -0.2) is 6.10 Å². The van der Waals surface area contributed by atoms with E-state index in [1.807, 2.05) is 0 Å². The Morgan fingerprint density at radius 3 is 1.81 bits per heavy atom. The summed E-state index contributed by atoms with van der Waals surface area (Å²) < 4.78 is 6.24. The van der Waals surface area contributed by atoms with E-state index in [9.17, 15) is 0 Å². The first-order chi connectivity index (χ1) is 9.63. The largest absolute Gasteiger partial charge is 0.490 e. The third-order valence-corrected chi connectivity index (χ3v) is 4.02. The zero-order valence-corrected chi connectivity index (χ0v) is 15.6. The minimum absolute atomic E-state index is 0.176. The highest BCUT2D eigenvalue weighted by Crippen LogP contribution is 2.40. The van der Waals surface area contributed by atoms with E-state index in [2.05, 4.69) is 68.4 Å². The van der Waals surface area contributed by atoms with Gasteiger partial charge in [0.05, 0.1) is 6.10 Å². The molecule has 1 heteroatoms. The van der Waals surface area contributed by atoms with E-state index < -0.39 is 0 Å². The first-order valence-electron chi connectivity index (χ1n) is 8.49. The first kappa shape index (κ1) is 18.1. The predicted octanol–water partition coefficient (Wildman–Crippen LogP) is 6.02. The van der Waals surface area contributed by atoms with Crippen LogP contribution in [0.15, 0.2) is 6.07 Å². The van der Waals surface area contributed by atoms with Crippen molar-refractivity contribution in [2.75, 3.05) is 0 Å². The smallest absolute Gasteiger partial charge is 0.126 e. The maximum absolute atomic E-state index is 6.24. The van der Waals surface area contributed by atoms with Gasteiger partial charge in [-0.1, -0.05) is 54.5 Å². The normalized spacial score (nSPS) is 12.3. The molecule has 120 valence electrons. The fraction of sp³-hybridized carbons (Fsp3) is 0.700. The molecule has 0 saturated carbocycles. The molecule has 0 spiro atoms. The van der Waals surface area contributed by atoms with Gasteiger partial charge in [-0.25, -0.2) is 0 Å². The summed E-state index contributed by atoms with van der Waals surface area (Å²) in [5, 5.41) is 0. The molecular weight excluding hydrogens is 256 g/mol. The third kappa shape index (κ3) is 4.02. The molecule has 0 atom stereocenters. The number of benzene rings is 1. The molecule has 0 aliphatic heterocycles. The summed E-state index contributed by atoms with van der Waals surface area (Å²) in [6, 6.07) is 2.40. The van der Waals surface area contributed by atoms with Gasteiger partial charge in [0.25, 0.3) is 0 Å². The van der Waals surface area contributed by atoms with Gasteiger partial charge < -0.3 is 4.74 Å². The molecule has 0 saturated heterocycles. The van der Waals surface area contributed by atoms with Gasteiger partial charge >= 0.3 is 0 Å². The Morgan fingerprint density at radius 2 is 1.48 bits per heavy atom. The van der Waals surface area contributed by atoms with Crippen molar-refractivity contribution in [3.05, 3.63) is 28.3 Å². The van der Waals surface area contributed by atoms with Gasteiger partial charge in [-0.3, -0.25) is 0 Å². The molecule has 1 nitrogen and oxygen atoms in total. The number of hydrogen-bond donors (Lipinski definition) is 0. The molecule has 0 heterocycles. The summed E-state index contributed by atoms with van der Waals surface area (Å²) in [6.45, 7) is 20.2. The van der Waals surface area contributed by atoms with Crippen molar-refractivity contribution in [2.24, 2.45) is 0 Å². The second-order valence-corrected chi connectivity index (χ2v) is 7.58. The maximum Gasteiger partial charge on any atom is 0.126 e. The second kappa shape index (κ2) is 6.85. The molecule has 1 rings (SSSR count). The number of rotatable bonds is 5.